The van der Waals surface area contributed by atoms with Crippen molar-refractivity contribution in [3.05, 3.63) is 35.1 Å². The molecule has 0 aliphatic heterocycles. The maximum atomic E-state index is 4.53. The van der Waals surface area contributed by atoms with E-state index in [1.807, 2.05) is 24.9 Å². The minimum absolute atomic E-state index is 1.08. The van der Waals surface area contributed by atoms with Crippen molar-refractivity contribution in [2.75, 3.05) is 0 Å². The van der Waals surface area contributed by atoms with E-state index in [-0.39, 0.29) is 0 Å². The minimum atomic E-state index is 1.08. The van der Waals surface area contributed by atoms with Gasteiger partial charge in [-0.25, -0.2) is 4.98 Å². The average Bonchev–Trinajstić information content (AvgIpc) is 2.81. The van der Waals surface area contributed by atoms with Crippen LogP contribution in [0.3, 0.4) is 0 Å². The quantitative estimate of drug-likeness (QED) is 0.656. The number of aryl methyl sites for hydroxylation is 2. The fraction of sp³-hybridized carbons (Fsp3) is 0.231. The Morgan fingerprint density at radius 2 is 2.06 bits per heavy atom. The lowest BCUT2D eigenvalue weighted by molar-refractivity contribution is 0.740. The van der Waals surface area contributed by atoms with E-state index >= 15 is 0 Å². The van der Waals surface area contributed by atoms with Gasteiger partial charge in [-0.3, -0.25) is 4.68 Å². The minimum Gasteiger partial charge on any atom is -0.272 e. The van der Waals surface area contributed by atoms with Crippen LogP contribution in [0.4, 0.5) is 0 Å². The van der Waals surface area contributed by atoms with Gasteiger partial charge < -0.3 is 0 Å². The fourth-order valence-corrected chi connectivity index (χ4v) is 2.80. The summed E-state index contributed by atoms with van der Waals surface area (Å²) >= 11 is 1.73. The molecule has 0 saturated heterocycles. The maximum absolute atomic E-state index is 4.53. The van der Waals surface area contributed by atoms with E-state index in [4.69, 9.17) is 0 Å². The molecule has 0 fully saturated rings. The Labute approximate surface area is 104 Å². The summed E-state index contributed by atoms with van der Waals surface area (Å²) < 4.78 is 3.14. The van der Waals surface area contributed by atoms with Gasteiger partial charge in [0.25, 0.3) is 0 Å². The molecular weight excluding hydrogens is 230 g/mol. The normalized spacial score (nSPS) is 11.2. The van der Waals surface area contributed by atoms with Crippen LogP contribution in [0.25, 0.3) is 21.3 Å². The van der Waals surface area contributed by atoms with Crippen LogP contribution in [0.5, 0.6) is 0 Å². The summed E-state index contributed by atoms with van der Waals surface area (Å²) in [6, 6.07) is 6.43. The SMILES string of the molecule is Cc1nc2cc(-c3cnn(C)c3C)ccc2s1. The summed E-state index contributed by atoms with van der Waals surface area (Å²) in [5.41, 5.74) is 4.62. The van der Waals surface area contributed by atoms with Crippen molar-refractivity contribution < 1.29 is 0 Å². The van der Waals surface area contributed by atoms with Crippen LogP contribution in [0, 0.1) is 13.8 Å². The highest BCUT2D eigenvalue weighted by molar-refractivity contribution is 7.18. The molecule has 4 heteroatoms. The van der Waals surface area contributed by atoms with E-state index in [0.717, 1.165) is 10.5 Å². The molecule has 17 heavy (non-hydrogen) atoms. The summed E-state index contributed by atoms with van der Waals surface area (Å²) in [4.78, 5) is 4.53. The van der Waals surface area contributed by atoms with Crippen LogP contribution >= 0.6 is 11.3 Å². The molecule has 0 spiro atoms. The summed E-state index contributed by atoms with van der Waals surface area (Å²) in [6.45, 7) is 4.12. The molecule has 0 amide bonds. The third-order valence-corrected chi connectivity index (χ3v) is 3.99. The zero-order valence-electron chi connectivity index (χ0n) is 10.1. The average molecular weight is 243 g/mol. The van der Waals surface area contributed by atoms with Crippen molar-refractivity contribution in [3.63, 3.8) is 0 Å². The van der Waals surface area contributed by atoms with Crippen LogP contribution in [0.1, 0.15) is 10.7 Å². The van der Waals surface area contributed by atoms with Crippen molar-refractivity contribution in [2.24, 2.45) is 7.05 Å². The first-order chi connectivity index (χ1) is 8.15. The Hall–Kier alpha value is -1.68. The molecule has 0 bridgehead atoms. The molecule has 0 aliphatic carbocycles. The van der Waals surface area contributed by atoms with E-state index in [1.54, 1.807) is 11.3 Å². The zero-order valence-corrected chi connectivity index (χ0v) is 10.9. The predicted octanol–water partition coefficient (Wildman–Crippen LogP) is 3.31. The number of hydrogen-bond acceptors (Lipinski definition) is 3. The Bertz CT molecular complexity index is 694. The lowest BCUT2D eigenvalue weighted by atomic mass is 10.1. The lowest BCUT2D eigenvalue weighted by Gasteiger charge is -2.00. The van der Waals surface area contributed by atoms with Gasteiger partial charge in [0.15, 0.2) is 0 Å². The summed E-state index contributed by atoms with van der Waals surface area (Å²) in [6.07, 6.45) is 1.91. The first-order valence-corrected chi connectivity index (χ1v) is 6.33. The third-order valence-electron chi connectivity index (χ3n) is 3.04. The Morgan fingerprint density at radius 1 is 1.24 bits per heavy atom. The molecule has 3 rings (SSSR count). The van der Waals surface area contributed by atoms with Crippen molar-refractivity contribution in [1.82, 2.24) is 14.8 Å². The second-order valence-corrected chi connectivity index (χ2v) is 5.42. The highest BCUT2D eigenvalue weighted by atomic mass is 32.1. The number of benzene rings is 1. The van der Waals surface area contributed by atoms with Gasteiger partial charge in [0.1, 0.15) is 0 Å². The molecule has 0 unspecified atom stereocenters. The molecule has 0 radical (unpaired) electrons. The van der Waals surface area contributed by atoms with Crippen LogP contribution in [-0.2, 0) is 7.05 Å². The van der Waals surface area contributed by atoms with Crippen molar-refractivity contribution in [1.29, 1.82) is 0 Å². The van der Waals surface area contributed by atoms with E-state index in [9.17, 15) is 0 Å². The maximum Gasteiger partial charge on any atom is 0.0907 e. The molecular formula is C13H13N3S. The highest BCUT2D eigenvalue weighted by Gasteiger charge is 2.08. The molecule has 2 heterocycles. The van der Waals surface area contributed by atoms with Crippen molar-refractivity contribution in [2.45, 2.75) is 13.8 Å². The topological polar surface area (TPSA) is 30.7 Å². The van der Waals surface area contributed by atoms with Crippen LogP contribution < -0.4 is 0 Å². The number of hydrogen-bond donors (Lipinski definition) is 0. The first kappa shape index (κ1) is 10.5. The number of nitrogens with zero attached hydrogens (tertiary/aromatic N) is 3. The zero-order chi connectivity index (χ0) is 12.0. The van der Waals surface area contributed by atoms with Crippen molar-refractivity contribution in [3.8, 4) is 11.1 Å². The molecule has 0 saturated carbocycles. The van der Waals surface area contributed by atoms with Gasteiger partial charge in [-0.15, -0.1) is 11.3 Å². The predicted molar refractivity (Wildman–Crippen MR) is 71.3 cm³/mol. The van der Waals surface area contributed by atoms with Crippen LogP contribution in [0.15, 0.2) is 24.4 Å². The molecule has 0 N–H and O–H groups in total. The van der Waals surface area contributed by atoms with Crippen LogP contribution in [-0.4, -0.2) is 14.8 Å². The molecule has 0 atom stereocenters. The molecule has 1 aromatic carbocycles. The second kappa shape index (κ2) is 3.67. The van der Waals surface area contributed by atoms with E-state index in [2.05, 4.69) is 35.2 Å². The van der Waals surface area contributed by atoms with Crippen LogP contribution in [0.2, 0.25) is 0 Å². The summed E-state index contributed by atoms with van der Waals surface area (Å²) in [7, 11) is 1.96. The smallest absolute Gasteiger partial charge is 0.0907 e. The number of rotatable bonds is 1. The molecule has 3 nitrogen and oxygen atoms in total. The summed E-state index contributed by atoms with van der Waals surface area (Å²) in [5, 5.41) is 5.39. The first-order valence-electron chi connectivity index (χ1n) is 5.51. The van der Waals surface area contributed by atoms with Gasteiger partial charge in [-0.2, -0.15) is 5.10 Å². The Balaban J connectivity index is 2.20. The van der Waals surface area contributed by atoms with E-state index in [1.165, 1.54) is 21.5 Å². The third kappa shape index (κ3) is 1.65. The molecule has 2 aromatic heterocycles. The van der Waals surface area contributed by atoms with Gasteiger partial charge in [-0.1, -0.05) is 6.07 Å². The standard InChI is InChI=1S/C13H13N3S/c1-8-11(7-14-16(8)3)10-4-5-13-12(6-10)15-9(2)17-13/h4-7H,1-3H3. The largest absolute Gasteiger partial charge is 0.272 e. The number of fused-ring (bicyclic) bond motifs is 1. The van der Waals surface area contributed by atoms with Gasteiger partial charge in [0, 0.05) is 18.3 Å². The summed E-state index contributed by atoms with van der Waals surface area (Å²) in [5.74, 6) is 0. The Morgan fingerprint density at radius 3 is 2.76 bits per heavy atom. The second-order valence-electron chi connectivity index (χ2n) is 4.18. The Kier molecular flexibility index (Phi) is 2.26. The van der Waals surface area contributed by atoms with Gasteiger partial charge in [0.2, 0.25) is 0 Å². The monoisotopic (exact) mass is 243 g/mol. The molecule has 86 valence electrons. The highest BCUT2D eigenvalue weighted by Crippen LogP contribution is 2.28. The van der Waals surface area contributed by atoms with E-state index in [0.29, 0.717) is 0 Å². The lowest BCUT2D eigenvalue weighted by Crippen LogP contribution is -1.92. The van der Waals surface area contributed by atoms with Gasteiger partial charge in [-0.05, 0) is 31.5 Å². The van der Waals surface area contributed by atoms with Gasteiger partial charge in [0.05, 0.1) is 21.4 Å². The van der Waals surface area contributed by atoms with Crippen molar-refractivity contribution >= 4 is 21.6 Å². The number of thiazole rings is 1. The number of aromatic nitrogens is 3. The molecule has 3 aromatic rings. The fourth-order valence-electron chi connectivity index (χ4n) is 1.99. The molecule has 0 aliphatic rings. The van der Waals surface area contributed by atoms with Gasteiger partial charge >= 0.3 is 0 Å². The van der Waals surface area contributed by atoms with E-state index < -0.39 is 0 Å².